The van der Waals surface area contributed by atoms with Crippen LogP contribution in [-0.4, -0.2) is 33.6 Å². The van der Waals surface area contributed by atoms with E-state index in [0.717, 1.165) is 22.4 Å². The smallest absolute Gasteiger partial charge is 0.127 e. The Hall–Kier alpha value is -0.580. The summed E-state index contributed by atoms with van der Waals surface area (Å²) in [6, 6.07) is 6.78. The number of rotatable bonds is 4. The van der Waals surface area contributed by atoms with Gasteiger partial charge in [0.15, 0.2) is 0 Å². The predicted octanol–water partition coefficient (Wildman–Crippen LogP) is 4.58. The summed E-state index contributed by atoms with van der Waals surface area (Å²) in [4.78, 5) is 7.30. The van der Waals surface area contributed by atoms with Gasteiger partial charge in [-0.25, -0.2) is 4.98 Å². The summed E-state index contributed by atoms with van der Waals surface area (Å²) in [6.07, 6.45) is 2.64. The second-order valence-corrected chi connectivity index (χ2v) is 7.49. The Morgan fingerprint density at radius 1 is 1.29 bits per heavy atom. The topological polar surface area (TPSA) is 21.1 Å². The fourth-order valence-electron chi connectivity index (χ4n) is 3.18. The number of alkyl halides is 1. The zero-order valence-corrected chi connectivity index (χ0v) is 14.9. The van der Waals surface area contributed by atoms with Gasteiger partial charge in [0.05, 0.1) is 16.4 Å². The highest BCUT2D eigenvalue weighted by molar-refractivity contribution is 9.10. The van der Waals surface area contributed by atoms with Crippen molar-refractivity contribution in [1.29, 1.82) is 0 Å². The molecule has 1 aromatic carbocycles. The highest BCUT2D eigenvalue weighted by atomic mass is 79.9. The van der Waals surface area contributed by atoms with Crippen molar-refractivity contribution in [1.82, 2.24) is 14.5 Å². The lowest BCUT2D eigenvalue weighted by Gasteiger charge is -2.25. The average molecular weight is 371 g/mol. The molecule has 0 N–H and O–H groups in total. The first-order chi connectivity index (χ1) is 10.1. The fourth-order valence-corrected chi connectivity index (χ4v) is 3.69. The van der Waals surface area contributed by atoms with Crippen LogP contribution in [0.3, 0.4) is 0 Å². The van der Waals surface area contributed by atoms with Crippen LogP contribution in [0.4, 0.5) is 0 Å². The van der Waals surface area contributed by atoms with Crippen LogP contribution < -0.4 is 0 Å². The largest absolute Gasteiger partial charge is 0.325 e. The molecule has 0 aliphatic carbocycles. The number of hydrogen-bond donors (Lipinski definition) is 0. The molecule has 2 heterocycles. The van der Waals surface area contributed by atoms with E-state index in [1.807, 2.05) is 6.92 Å². The number of imidazole rings is 1. The van der Waals surface area contributed by atoms with Crippen LogP contribution in [-0.2, 0) is 6.54 Å². The van der Waals surface area contributed by atoms with Gasteiger partial charge in [-0.3, -0.25) is 4.90 Å². The Kier molecular flexibility index (Phi) is 4.57. The number of nitrogens with zero attached hydrogens (tertiary/aromatic N) is 3. The van der Waals surface area contributed by atoms with Crippen LogP contribution in [0.5, 0.6) is 0 Å². The van der Waals surface area contributed by atoms with Gasteiger partial charge >= 0.3 is 0 Å². The van der Waals surface area contributed by atoms with Crippen LogP contribution >= 0.6 is 27.5 Å². The Bertz CT molecular complexity index is 632. The summed E-state index contributed by atoms with van der Waals surface area (Å²) >= 11 is 9.87. The van der Waals surface area contributed by atoms with Gasteiger partial charge in [-0.15, -0.1) is 11.6 Å². The van der Waals surface area contributed by atoms with Crippen LogP contribution in [0.25, 0.3) is 11.0 Å². The summed E-state index contributed by atoms with van der Waals surface area (Å²) in [5, 5.41) is -0.0815. The molecule has 2 aromatic rings. The molecule has 1 fully saturated rings. The lowest BCUT2D eigenvalue weighted by Crippen LogP contribution is -2.34. The Labute approximate surface area is 139 Å². The quantitative estimate of drug-likeness (QED) is 0.734. The normalized spacial score (nSPS) is 19.2. The van der Waals surface area contributed by atoms with Gasteiger partial charge < -0.3 is 4.57 Å². The maximum Gasteiger partial charge on any atom is 0.127 e. The van der Waals surface area contributed by atoms with Gasteiger partial charge in [-0.05, 0) is 58.0 Å². The third-order valence-corrected chi connectivity index (χ3v) is 4.99. The van der Waals surface area contributed by atoms with E-state index in [0.29, 0.717) is 6.04 Å². The van der Waals surface area contributed by atoms with E-state index < -0.39 is 0 Å². The van der Waals surface area contributed by atoms with Gasteiger partial charge in [0, 0.05) is 17.1 Å². The van der Waals surface area contributed by atoms with Gasteiger partial charge in [-0.1, -0.05) is 15.9 Å². The van der Waals surface area contributed by atoms with Crippen molar-refractivity contribution in [2.75, 3.05) is 13.1 Å². The van der Waals surface area contributed by atoms with Gasteiger partial charge in [0.1, 0.15) is 5.82 Å². The van der Waals surface area contributed by atoms with Crippen molar-refractivity contribution in [3.05, 3.63) is 28.5 Å². The van der Waals surface area contributed by atoms with Crippen LogP contribution in [0.2, 0.25) is 0 Å². The van der Waals surface area contributed by atoms with Crippen molar-refractivity contribution in [2.45, 2.75) is 44.7 Å². The summed E-state index contributed by atoms with van der Waals surface area (Å²) in [5.41, 5.74) is 2.19. The molecule has 0 bridgehead atoms. The molecule has 1 aliphatic rings. The minimum absolute atomic E-state index is 0.0815. The number of benzene rings is 1. The van der Waals surface area contributed by atoms with Crippen molar-refractivity contribution >= 4 is 38.6 Å². The average Bonchev–Trinajstić information content (AvgIpc) is 3.06. The zero-order valence-electron chi connectivity index (χ0n) is 12.5. The molecule has 0 saturated carbocycles. The van der Waals surface area contributed by atoms with E-state index in [1.165, 1.54) is 31.4 Å². The first kappa shape index (κ1) is 15.3. The van der Waals surface area contributed by atoms with E-state index in [1.54, 1.807) is 0 Å². The summed E-state index contributed by atoms with van der Waals surface area (Å²) in [5.74, 6) is 0.968. The van der Waals surface area contributed by atoms with E-state index in [4.69, 9.17) is 16.6 Å². The highest BCUT2D eigenvalue weighted by Gasteiger charge is 2.22. The zero-order chi connectivity index (χ0) is 15.0. The SMILES string of the molecule is CC(Cl)c1nc2cc(Br)ccc2n1CC(C)N1CCCC1. The minimum Gasteiger partial charge on any atom is -0.325 e. The Morgan fingerprint density at radius 3 is 2.67 bits per heavy atom. The number of hydrogen-bond acceptors (Lipinski definition) is 2. The number of fused-ring (bicyclic) bond motifs is 1. The summed E-state index contributed by atoms with van der Waals surface area (Å²) in [7, 11) is 0. The molecular formula is C16H21BrClN3. The molecule has 1 aromatic heterocycles. The Morgan fingerprint density at radius 2 is 2.00 bits per heavy atom. The van der Waals surface area contributed by atoms with Gasteiger partial charge in [-0.2, -0.15) is 0 Å². The molecule has 0 amide bonds. The van der Waals surface area contributed by atoms with Crippen molar-refractivity contribution in [2.24, 2.45) is 0 Å². The van der Waals surface area contributed by atoms with E-state index in [-0.39, 0.29) is 5.38 Å². The lowest BCUT2D eigenvalue weighted by molar-refractivity contribution is 0.236. The molecule has 0 spiro atoms. The van der Waals surface area contributed by atoms with Crippen LogP contribution in [0.15, 0.2) is 22.7 Å². The third-order valence-electron chi connectivity index (χ3n) is 4.31. The minimum atomic E-state index is -0.0815. The standard InChI is InChI=1S/C16H21BrClN3/c1-11(20-7-3-4-8-20)10-21-15-6-5-13(17)9-14(15)19-16(21)12(2)18/h5-6,9,11-12H,3-4,7-8,10H2,1-2H3. The molecular weight excluding hydrogens is 350 g/mol. The molecule has 21 heavy (non-hydrogen) atoms. The molecule has 2 unspecified atom stereocenters. The number of likely N-dealkylation sites (tertiary alicyclic amines) is 1. The van der Waals surface area contributed by atoms with Crippen molar-refractivity contribution < 1.29 is 0 Å². The summed E-state index contributed by atoms with van der Waals surface area (Å²) < 4.78 is 3.35. The number of halogens is 2. The maximum absolute atomic E-state index is 6.35. The molecule has 1 aliphatic heterocycles. The second kappa shape index (κ2) is 6.27. The van der Waals surface area contributed by atoms with E-state index in [9.17, 15) is 0 Å². The van der Waals surface area contributed by atoms with Crippen molar-refractivity contribution in [3.63, 3.8) is 0 Å². The van der Waals surface area contributed by atoms with E-state index >= 15 is 0 Å². The molecule has 3 nitrogen and oxygen atoms in total. The molecule has 3 rings (SSSR count). The molecule has 114 valence electrons. The second-order valence-electron chi connectivity index (χ2n) is 5.92. The molecule has 5 heteroatoms. The van der Waals surface area contributed by atoms with Crippen LogP contribution in [0, 0.1) is 0 Å². The highest BCUT2D eigenvalue weighted by Crippen LogP contribution is 2.27. The third kappa shape index (κ3) is 3.13. The summed E-state index contributed by atoms with van der Waals surface area (Å²) in [6.45, 7) is 7.67. The van der Waals surface area contributed by atoms with Crippen molar-refractivity contribution in [3.8, 4) is 0 Å². The van der Waals surface area contributed by atoms with Gasteiger partial charge in [0.25, 0.3) is 0 Å². The van der Waals surface area contributed by atoms with E-state index in [2.05, 4.69) is 50.5 Å². The first-order valence-corrected chi connectivity index (χ1v) is 8.83. The lowest BCUT2D eigenvalue weighted by atomic mass is 10.2. The maximum atomic E-state index is 6.35. The first-order valence-electron chi connectivity index (χ1n) is 7.60. The predicted molar refractivity (Wildman–Crippen MR) is 92.0 cm³/mol. The number of aromatic nitrogens is 2. The van der Waals surface area contributed by atoms with Gasteiger partial charge in [0.2, 0.25) is 0 Å². The molecule has 0 radical (unpaired) electrons. The molecule has 2 atom stereocenters. The Balaban J connectivity index is 1.96. The monoisotopic (exact) mass is 369 g/mol. The van der Waals surface area contributed by atoms with Crippen LogP contribution in [0.1, 0.15) is 37.9 Å². The molecule has 1 saturated heterocycles. The fraction of sp³-hybridized carbons (Fsp3) is 0.562.